The van der Waals surface area contributed by atoms with E-state index in [9.17, 15) is 18.3 Å². The van der Waals surface area contributed by atoms with E-state index in [1.54, 1.807) is 7.05 Å². The van der Waals surface area contributed by atoms with Crippen molar-refractivity contribution in [3.05, 3.63) is 11.1 Å². The van der Waals surface area contributed by atoms with Crippen LogP contribution in [0.5, 0.6) is 17.2 Å². The Balaban J connectivity index is 2.26. The number of nitrogens with zero attached hydrogens (tertiary/aromatic N) is 1. The highest BCUT2D eigenvalue weighted by atomic mass is 32.2. The molecule has 10 heteroatoms. The van der Waals surface area contributed by atoms with Gasteiger partial charge in [0.15, 0.2) is 11.5 Å². The summed E-state index contributed by atoms with van der Waals surface area (Å²) in [5, 5.41) is 9.39. The number of benzene rings is 1. The second kappa shape index (κ2) is 6.36. The molecule has 2 heterocycles. The Morgan fingerprint density at radius 1 is 1.36 bits per heavy atom. The van der Waals surface area contributed by atoms with E-state index in [0.717, 1.165) is 0 Å². The van der Waals surface area contributed by atoms with Crippen LogP contribution in [0.25, 0.3) is 0 Å². The Bertz CT molecular complexity index is 820. The summed E-state index contributed by atoms with van der Waals surface area (Å²) in [6.07, 6.45) is -0.531. The first-order valence-electron chi connectivity index (χ1n) is 7.73. The summed E-state index contributed by atoms with van der Waals surface area (Å²) in [5.74, 6) is -0.0368. The Kier molecular flexibility index (Phi) is 4.52. The third-order valence-corrected chi connectivity index (χ3v) is 5.64. The summed E-state index contributed by atoms with van der Waals surface area (Å²) in [7, 11) is -1.01. The van der Waals surface area contributed by atoms with Crippen molar-refractivity contribution in [2.75, 3.05) is 34.0 Å². The van der Waals surface area contributed by atoms with Gasteiger partial charge in [-0.2, -0.15) is 0 Å². The van der Waals surface area contributed by atoms with Gasteiger partial charge in [0.25, 0.3) is 5.91 Å². The average molecular weight is 372 g/mol. The van der Waals surface area contributed by atoms with E-state index in [2.05, 4.69) is 4.72 Å². The smallest absolute Gasteiger partial charge is 0.257 e. The van der Waals surface area contributed by atoms with E-state index in [4.69, 9.17) is 14.2 Å². The first-order valence-corrected chi connectivity index (χ1v) is 9.21. The van der Waals surface area contributed by atoms with Crippen LogP contribution in [0.4, 0.5) is 0 Å². The largest absolute Gasteiger partial charge is 0.492 e. The number of hydrogen-bond donors (Lipinski definition) is 2. The van der Waals surface area contributed by atoms with Gasteiger partial charge in [0.2, 0.25) is 22.6 Å². The van der Waals surface area contributed by atoms with Crippen molar-refractivity contribution in [3.63, 3.8) is 0 Å². The number of carbonyl (C=O) groups excluding carboxylic acids is 1. The minimum absolute atomic E-state index is 0.0334. The minimum Gasteiger partial charge on any atom is -0.492 e. The zero-order valence-electron chi connectivity index (χ0n) is 14.2. The fourth-order valence-corrected chi connectivity index (χ4v) is 4.46. The first-order chi connectivity index (χ1) is 11.8. The molecule has 0 aliphatic carbocycles. The molecule has 1 amide bonds. The molecule has 0 fully saturated rings. The van der Waals surface area contributed by atoms with Crippen LogP contribution in [0.15, 0.2) is 4.90 Å². The number of ether oxygens (including phenoxy) is 3. The molecule has 0 bridgehead atoms. The molecule has 2 aliphatic heterocycles. The van der Waals surface area contributed by atoms with Gasteiger partial charge in [-0.15, -0.1) is 0 Å². The van der Waals surface area contributed by atoms with Gasteiger partial charge in [-0.05, 0) is 18.9 Å². The van der Waals surface area contributed by atoms with E-state index in [1.165, 1.54) is 18.9 Å². The predicted octanol–water partition coefficient (Wildman–Crippen LogP) is -0.289. The lowest BCUT2D eigenvalue weighted by Crippen LogP contribution is -2.37. The molecule has 0 radical (unpaired) electrons. The zero-order chi connectivity index (χ0) is 18.4. The topological polar surface area (TPSA) is 114 Å². The summed E-state index contributed by atoms with van der Waals surface area (Å²) < 4.78 is 44.1. The summed E-state index contributed by atoms with van der Waals surface area (Å²) in [6, 6.07) is 0. The molecule has 2 aliphatic rings. The van der Waals surface area contributed by atoms with Crippen LogP contribution in [0.2, 0.25) is 0 Å². The number of hydrogen-bond acceptors (Lipinski definition) is 7. The Labute approximate surface area is 145 Å². The van der Waals surface area contributed by atoms with E-state index < -0.39 is 16.1 Å². The Morgan fingerprint density at radius 3 is 2.68 bits per heavy atom. The van der Waals surface area contributed by atoms with Crippen molar-refractivity contribution in [2.45, 2.75) is 24.3 Å². The number of sulfonamides is 1. The molecule has 1 aromatic carbocycles. The lowest BCUT2D eigenvalue weighted by Gasteiger charge is -2.28. The molecular weight excluding hydrogens is 352 g/mol. The zero-order valence-corrected chi connectivity index (χ0v) is 15.0. The highest BCUT2D eigenvalue weighted by Gasteiger charge is 2.40. The second-order valence-corrected chi connectivity index (χ2v) is 7.66. The normalized spacial score (nSPS) is 17.4. The molecule has 0 unspecified atom stereocenters. The second-order valence-electron chi connectivity index (χ2n) is 5.96. The maximum atomic E-state index is 12.8. The molecule has 0 spiro atoms. The molecule has 3 rings (SSSR count). The van der Waals surface area contributed by atoms with Gasteiger partial charge in [-0.25, -0.2) is 13.1 Å². The van der Waals surface area contributed by atoms with Crippen molar-refractivity contribution < 1.29 is 32.5 Å². The van der Waals surface area contributed by atoms with Crippen molar-refractivity contribution in [2.24, 2.45) is 0 Å². The van der Waals surface area contributed by atoms with Crippen LogP contribution in [0.1, 0.15) is 22.8 Å². The standard InChI is InChI=1S/C15H20N2O7S/c1-8(18)6-16-25(20,21)14-9-4-5-17(2)15(19)10(9)11(22-3)12-13(14)24-7-23-12/h8,16,18H,4-7H2,1-3H3/t8-/m1/s1. The van der Waals surface area contributed by atoms with Crippen molar-refractivity contribution in [1.82, 2.24) is 9.62 Å². The number of aliphatic hydroxyl groups excluding tert-OH is 1. The number of aliphatic hydroxyl groups is 1. The maximum Gasteiger partial charge on any atom is 0.257 e. The number of amides is 1. The number of rotatable bonds is 5. The lowest BCUT2D eigenvalue weighted by atomic mass is 9.97. The number of fused-ring (bicyclic) bond motifs is 2. The van der Waals surface area contributed by atoms with Crippen LogP contribution < -0.4 is 18.9 Å². The van der Waals surface area contributed by atoms with Gasteiger partial charge in [-0.3, -0.25) is 4.79 Å². The fourth-order valence-electron chi connectivity index (χ4n) is 2.93. The minimum atomic E-state index is -4.03. The molecule has 25 heavy (non-hydrogen) atoms. The summed E-state index contributed by atoms with van der Waals surface area (Å²) in [6.45, 7) is 1.51. The molecule has 2 N–H and O–H groups in total. The lowest BCUT2D eigenvalue weighted by molar-refractivity contribution is 0.0775. The first kappa shape index (κ1) is 17.8. The fraction of sp³-hybridized carbons (Fsp3) is 0.533. The van der Waals surface area contributed by atoms with Gasteiger partial charge in [0.05, 0.1) is 18.8 Å². The van der Waals surface area contributed by atoms with E-state index >= 15 is 0 Å². The molecular formula is C15H20N2O7S. The van der Waals surface area contributed by atoms with Crippen molar-refractivity contribution >= 4 is 15.9 Å². The summed E-state index contributed by atoms with van der Waals surface area (Å²) in [4.78, 5) is 14.0. The van der Waals surface area contributed by atoms with Gasteiger partial charge < -0.3 is 24.2 Å². The van der Waals surface area contributed by atoms with E-state index in [-0.39, 0.29) is 47.0 Å². The maximum absolute atomic E-state index is 12.8. The quantitative estimate of drug-likeness (QED) is 0.730. The molecule has 0 aromatic heterocycles. The Morgan fingerprint density at radius 2 is 2.04 bits per heavy atom. The number of likely N-dealkylation sites (N-methyl/N-ethyl adjacent to an activating group) is 1. The van der Waals surface area contributed by atoms with Crippen LogP contribution in [0, 0.1) is 0 Å². The third-order valence-electron chi connectivity index (χ3n) is 4.13. The highest BCUT2D eigenvalue weighted by molar-refractivity contribution is 7.89. The van der Waals surface area contributed by atoms with Crippen LogP contribution >= 0.6 is 0 Å². The molecule has 138 valence electrons. The average Bonchev–Trinajstić information content (AvgIpc) is 3.03. The molecule has 0 saturated carbocycles. The molecule has 1 aromatic rings. The summed E-state index contributed by atoms with van der Waals surface area (Å²) >= 11 is 0. The summed E-state index contributed by atoms with van der Waals surface area (Å²) in [5.41, 5.74) is 0.500. The van der Waals surface area contributed by atoms with Crippen LogP contribution in [-0.4, -0.2) is 64.5 Å². The van der Waals surface area contributed by atoms with Gasteiger partial charge in [-0.1, -0.05) is 0 Å². The SMILES string of the molecule is COc1c2c(c(S(=O)(=O)NC[C@@H](C)O)c3c1C(=O)N(C)CC3)OCO2. The van der Waals surface area contributed by atoms with Crippen LogP contribution in [-0.2, 0) is 16.4 Å². The monoisotopic (exact) mass is 372 g/mol. The van der Waals surface area contributed by atoms with Gasteiger partial charge in [0.1, 0.15) is 4.90 Å². The van der Waals surface area contributed by atoms with Crippen molar-refractivity contribution in [1.29, 1.82) is 0 Å². The molecule has 1 atom stereocenters. The van der Waals surface area contributed by atoms with E-state index in [0.29, 0.717) is 18.5 Å². The van der Waals surface area contributed by atoms with Gasteiger partial charge in [0, 0.05) is 20.1 Å². The number of nitrogens with one attached hydrogen (secondary N) is 1. The number of carbonyl (C=O) groups is 1. The van der Waals surface area contributed by atoms with Crippen LogP contribution in [0.3, 0.4) is 0 Å². The van der Waals surface area contributed by atoms with E-state index in [1.807, 2.05) is 0 Å². The third kappa shape index (κ3) is 2.90. The predicted molar refractivity (Wildman–Crippen MR) is 86.7 cm³/mol. The highest BCUT2D eigenvalue weighted by Crippen LogP contribution is 2.51. The number of methoxy groups -OCH3 is 1. The molecule has 9 nitrogen and oxygen atoms in total. The van der Waals surface area contributed by atoms with Gasteiger partial charge >= 0.3 is 0 Å². The van der Waals surface area contributed by atoms with Crippen molar-refractivity contribution in [3.8, 4) is 17.2 Å². The Hall–Kier alpha value is -2.04. The molecule has 0 saturated heterocycles.